The Bertz CT molecular complexity index is 1080. The Labute approximate surface area is 180 Å². The maximum absolute atomic E-state index is 13.3. The number of fused-ring (bicyclic) bond motifs is 1. The first-order valence-electron chi connectivity index (χ1n) is 9.91. The Hall–Kier alpha value is -3.05. The lowest BCUT2D eigenvalue weighted by molar-refractivity contribution is -0.117. The number of benzene rings is 2. The highest BCUT2D eigenvalue weighted by Crippen LogP contribution is 2.47. The van der Waals surface area contributed by atoms with Crippen molar-refractivity contribution in [1.29, 1.82) is 0 Å². The Balaban J connectivity index is 1.89. The number of para-hydroxylation sites is 1. The highest BCUT2D eigenvalue weighted by atomic mass is 35.5. The number of nitrogens with zero attached hydrogens (tertiary/aromatic N) is 2. The highest BCUT2D eigenvalue weighted by Gasteiger charge is 2.40. The van der Waals surface area contributed by atoms with E-state index < -0.39 is 0 Å². The van der Waals surface area contributed by atoms with E-state index in [-0.39, 0.29) is 29.7 Å². The van der Waals surface area contributed by atoms with E-state index in [9.17, 15) is 9.59 Å². The van der Waals surface area contributed by atoms with Crippen molar-refractivity contribution in [2.75, 3.05) is 9.80 Å². The number of rotatable bonds is 3. The largest absolute Gasteiger partial charge is 0.459 e. The molecular weight excluding hydrogens is 400 g/mol. The number of hydrogen-bond acceptors (Lipinski definition) is 3. The van der Waals surface area contributed by atoms with Gasteiger partial charge in [-0.05, 0) is 56.2 Å². The molecule has 154 valence electrons. The van der Waals surface area contributed by atoms with Crippen molar-refractivity contribution in [2.24, 2.45) is 0 Å². The van der Waals surface area contributed by atoms with Gasteiger partial charge in [0.1, 0.15) is 0 Å². The highest BCUT2D eigenvalue weighted by molar-refractivity contribution is 6.34. The van der Waals surface area contributed by atoms with Gasteiger partial charge in [-0.2, -0.15) is 0 Å². The summed E-state index contributed by atoms with van der Waals surface area (Å²) in [5, 5.41) is 0.476. The summed E-state index contributed by atoms with van der Waals surface area (Å²) in [6.07, 6.45) is 2.06. The molecule has 2 heterocycles. The monoisotopic (exact) mass is 422 g/mol. The first-order chi connectivity index (χ1) is 14.4. The molecule has 2 amide bonds. The van der Waals surface area contributed by atoms with Gasteiger partial charge in [-0.25, -0.2) is 0 Å². The van der Waals surface area contributed by atoms with Crippen molar-refractivity contribution < 1.29 is 14.0 Å². The van der Waals surface area contributed by atoms with Crippen molar-refractivity contribution in [1.82, 2.24) is 0 Å². The van der Waals surface area contributed by atoms with E-state index in [1.54, 1.807) is 34.9 Å². The predicted octanol–water partition coefficient (Wildman–Crippen LogP) is 5.77. The zero-order valence-electron chi connectivity index (χ0n) is 17.1. The molecule has 1 aromatic heterocycles. The van der Waals surface area contributed by atoms with Crippen LogP contribution in [0.25, 0.3) is 0 Å². The number of halogens is 1. The number of hydrogen-bond donors (Lipinski definition) is 0. The van der Waals surface area contributed by atoms with Crippen LogP contribution in [0.3, 0.4) is 0 Å². The summed E-state index contributed by atoms with van der Waals surface area (Å²) in [6, 6.07) is 16.2. The molecule has 0 aliphatic carbocycles. The molecule has 2 atom stereocenters. The molecule has 3 aromatic rings. The van der Waals surface area contributed by atoms with E-state index in [4.69, 9.17) is 16.0 Å². The molecule has 0 N–H and O–H groups in total. The van der Waals surface area contributed by atoms with Gasteiger partial charge < -0.3 is 14.2 Å². The maximum atomic E-state index is 13.3. The number of furan rings is 1. The molecule has 0 bridgehead atoms. The van der Waals surface area contributed by atoms with Gasteiger partial charge in [0.15, 0.2) is 5.76 Å². The predicted molar refractivity (Wildman–Crippen MR) is 118 cm³/mol. The van der Waals surface area contributed by atoms with E-state index in [0.717, 1.165) is 16.8 Å². The summed E-state index contributed by atoms with van der Waals surface area (Å²) in [7, 11) is 0. The third-order valence-corrected chi connectivity index (χ3v) is 5.91. The molecule has 0 fully saturated rings. The molecule has 6 heteroatoms. The minimum Gasteiger partial charge on any atom is -0.459 e. The minimum atomic E-state index is -0.242. The number of aryl methyl sites for hydroxylation is 1. The van der Waals surface area contributed by atoms with E-state index in [1.807, 2.05) is 50.2 Å². The Morgan fingerprint density at radius 1 is 1.10 bits per heavy atom. The van der Waals surface area contributed by atoms with Crippen molar-refractivity contribution >= 4 is 34.8 Å². The first-order valence-corrected chi connectivity index (χ1v) is 10.3. The van der Waals surface area contributed by atoms with Crippen LogP contribution >= 0.6 is 11.6 Å². The number of carbonyl (C=O) groups is 2. The zero-order chi connectivity index (χ0) is 21.4. The molecule has 1 aliphatic rings. The first kappa shape index (κ1) is 20.2. The molecule has 2 aromatic carbocycles. The van der Waals surface area contributed by atoms with Crippen LogP contribution in [-0.4, -0.2) is 17.9 Å². The van der Waals surface area contributed by atoms with Gasteiger partial charge in [0, 0.05) is 24.2 Å². The van der Waals surface area contributed by atoms with Crippen LogP contribution in [-0.2, 0) is 4.79 Å². The fourth-order valence-electron chi connectivity index (χ4n) is 4.34. The van der Waals surface area contributed by atoms with Crippen LogP contribution in [0.15, 0.2) is 65.3 Å². The smallest absolute Gasteiger partial charge is 0.294 e. The van der Waals surface area contributed by atoms with Gasteiger partial charge in [-0.3, -0.25) is 9.59 Å². The number of carbonyl (C=O) groups excluding carboxylic acids is 2. The van der Waals surface area contributed by atoms with Crippen molar-refractivity contribution in [2.45, 2.75) is 39.3 Å². The molecule has 0 saturated carbocycles. The molecule has 0 spiro atoms. The number of anilines is 2. The Morgan fingerprint density at radius 3 is 2.47 bits per heavy atom. The maximum Gasteiger partial charge on any atom is 0.294 e. The quantitative estimate of drug-likeness (QED) is 0.538. The Morgan fingerprint density at radius 2 is 1.83 bits per heavy atom. The topological polar surface area (TPSA) is 53.8 Å². The third kappa shape index (κ3) is 3.39. The second-order valence-electron chi connectivity index (χ2n) is 7.60. The van der Waals surface area contributed by atoms with Gasteiger partial charge in [-0.15, -0.1) is 0 Å². The van der Waals surface area contributed by atoms with Gasteiger partial charge >= 0.3 is 0 Å². The summed E-state index contributed by atoms with van der Waals surface area (Å²) in [6.45, 7) is 5.52. The standard InChI is InChI=1S/C24H23ClN2O3/c1-15-11-12-19(25)23-22(15)20(27(17(3)28)18-8-5-4-6-9-18)14-16(2)26(23)24(29)21-10-7-13-30-21/h4-13,16,20H,14H2,1-3H3. The van der Waals surface area contributed by atoms with Crippen LogP contribution in [0, 0.1) is 6.92 Å². The van der Waals surface area contributed by atoms with Crippen LogP contribution < -0.4 is 9.80 Å². The van der Waals surface area contributed by atoms with Gasteiger partial charge in [0.05, 0.1) is 23.0 Å². The summed E-state index contributed by atoms with van der Waals surface area (Å²) in [5.74, 6) is -0.0429. The average molecular weight is 423 g/mol. The van der Waals surface area contributed by atoms with Crippen LogP contribution in [0.4, 0.5) is 11.4 Å². The molecule has 0 radical (unpaired) electrons. The fraction of sp³-hybridized carbons (Fsp3) is 0.250. The lowest BCUT2D eigenvalue weighted by Crippen LogP contribution is -2.48. The summed E-state index contributed by atoms with van der Waals surface area (Å²) < 4.78 is 5.37. The molecule has 4 rings (SSSR count). The number of amides is 2. The van der Waals surface area contributed by atoms with Gasteiger partial charge in [0.25, 0.3) is 5.91 Å². The molecule has 1 aliphatic heterocycles. The van der Waals surface area contributed by atoms with Crippen LogP contribution in [0.5, 0.6) is 0 Å². The normalized spacial score (nSPS) is 18.1. The fourth-order valence-corrected chi connectivity index (χ4v) is 4.60. The van der Waals surface area contributed by atoms with Crippen molar-refractivity contribution in [3.8, 4) is 0 Å². The third-order valence-electron chi connectivity index (χ3n) is 5.60. The van der Waals surface area contributed by atoms with E-state index in [2.05, 4.69) is 0 Å². The SMILES string of the molecule is CC(=O)N(c1ccccc1)C1CC(C)N(C(=O)c2ccco2)c2c(Cl)ccc(C)c21. The van der Waals surface area contributed by atoms with Gasteiger partial charge in [0.2, 0.25) is 5.91 Å². The minimum absolute atomic E-state index is 0.0606. The second kappa shape index (κ2) is 8.00. The zero-order valence-corrected chi connectivity index (χ0v) is 17.9. The average Bonchev–Trinajstić information content (AvgIpc) is 3.26. The molecule has 30 heavy (non-hydrogen) atoms. The molecule has 0 saturated heterocycles. The summed E-state index contributed by atoms with van der Waals surface area (Å²) >= 11 is 6.65. The second-order valence-corrected chi connectivity index (χ2v) is 8.01. The van der Waals surface area contributed by atoms with Crippen LogP contribution in [0.2, 0.25) is 5.02 Å². The van der Waals surface area contributed by atoms with E-state index in [0.29, 0.717) is 17.1 Å². The molecule has 2 unspecified atom stereocenters. The van der Waals surface area contributed by atoms with E-state index >= 15 is 0 Å². The lowest BCUT2D eigenvalue weighted by atomic mass is 9.87. The van der Waals surface area contributed by atoms with Crippen molar-refractivity contribution in [3.05, 3.63) is 82.8 Å². The van der Waals surface area contributed by atoms with Crippen LogP contribution in [0.1, 0.15) is 48.0 Å². The Kier molecular flexibility index (Phi) is 5.39. The lowest BCUT2D eigenvalue weighted by Gasteiger charge is -2.44. The summed E-state index contributed by atoms with van der Waals surface area (Å²) in [4.78, 5) is 29.5. The molecule has 5 nitrogen and oxygen atoms in total. The van der Waals surface area contributed by atoms with E-state index in [1.165, 1.54) is 6.26 Å². The summed E-state index contributed by atoms with van der Waals surface area (Å²) in [5.41, 5.74) is 3.33. The van der Waals surface area contributed by atoms with Crippen molar-refractivity contribution in [3.63, 3.8) is 0 Å². The van der Waals surface area contributed by atoms with Gasteiger partial charge in [-0.1, -0.05) is 35.9 Å². The molecular formula is C24H23ClN2O3.